The van der Waals surface area contributed by atoms with Gasteiger partial charge in [-0.05, 0) is 50.2 Å². The van der Waals surface area contributed by atoms with Crippen LogP contribution in [-0.4, -0.2) is 42.2 Å². The Bertz CT molecular complexity index is 479. The van der Waals surface area contributed by atoms with E-state index in [1.54, 1.807) is 0 Å². The highest BCUT2D eigenvalue weighted by Crippen LogP contribution is 2.15. The molecule has 20 heavy (non-hydrogen) atoms. The first-order valence-electron chi connectivity index (χ1n) is 7.05. The maximum absolute atomic E-state index is 13.6. The predicted octanol–water partition coefficient (Wildman–Crippen LogP) is 1.96. The molecule has 110 valence electrons. The Hall–Kier alpha value is -1.46. The lowest BCUT2D eigenvalue weighted by Crippen LogP contribution is -2.26. The molecule has 0 aliphatic carbocycles. The second-order valence-electron chi connectivity index (χ2n) is 5.29. The Morgan fingerprint density at radius 2 is 2.35 bits per heavy atom. The van der Waals surface area contributed by atoms with E-state index >= 15 is 0 Å². The van der Waals surface area contributed by atoms with Gasteiger partial charge in [-0.3, -0.25) is 0 Å². The maximum Gasteiger partial charge on any atom is 0.335 e. The van der Waals surface area contributed by atoms with Gasteiger partial charge in [-0.2, -0.15) is 0 Å². The number of carbonyl (C=O) groups is 1. The third kappa shape index (κ3) is 3.77. The Balaban J connectivity index is 1.85. The summed E-state index contributed by atoms with van der Waals surface area (Å²) >= 11 is 0. The number of hydrogen-bond donors (Lipinski definition) is 2. The predicted molar refractivity (Wildman–Crippen MR) is 75.3 cm³/mol. The van der Waals surface area contributed by atoms with Crippen molar-refractivity contribution in [1.82, 2.24) is 10.2 Å². The van der Waals surface area contributed by atoms with Crippen LogP contribution in [0.5, 0.6) is 0 Å². The smallest absolute Gasteiger partial charge is 0.335 e. The quantitative estimate of drug-likeness (QED) is 0.836. The Morgan fingerprint density at radius 3 is 3.00 bits per heavy atom. The molecule has 0 saturated carbocycles. The summed E-state index contributed by atoms with van der Waals surface area (Å²) in [6.07, 6.45) is 1.17. The number of nitrogens with one attached hydrogen (secondary N) is 1. The highest BCUT2D eigenvalue weighted by atomic mass is 19.1. The van der Waals surface area contributed by atoms with Crippen molar-refractivity contribution in [3.8, 4) is 0 Å². The highest BCUT2D eigenvalue weighted by molar-refractivity contribution is 5.87. The van der Waals surface area contributed by atoms with Crippen molar-refractivity contribution < 1.29 is 14.3 Å². The molecule has 2 N–H and O–H groups in total. The van der Waals surface area contributed by atoms with Crippen LogP contribution < -0.4 is 5.32 Å². The first-order valence-corrected chi connectivity index (χ1v) is 7.05. The van der Waals surface area contributed by atoms with Crippen molar-refractivity contribution in [1.29, 1.82) is 0 Å². The fourth-order valence-electron chi connectivity index (χ4n) is 2.62. The Labute approximate surface area is 118 Å². The number of aromatic carboxylic acids is 1. The van der Waals surface area contributed by atoms with Crippen molar-refractivity contribution in [3.05, 3.63) is 35.1 Å². The van der Waals surface area contributed by atoms with Crippen LogP contribution in [0.3, 0.4) is 0 Å². The van der Waals surface area contributed by atoms with Crippen LogP contribution in [0.25, 0.3) is 0 Å². The van der Waals surface area contributed by atoms with Gasteiger partial charge in [0.15, 0.2) is 0 Å². The van der Waals surface area contributed by atoms with E-state index in [0.29, 0.717) is 18.0 Å². The largest absolute Gasteiger partial charge is 0.478 e. The van der Waals surface area contributed by atoms with Gasteiger partial charge in [0.05, 0.1) is 5.56 Å². The average Bonchev–Trinajstić information content (AvgIpc) is 2.88. The van der Waals surface area contributed by atoms with Crippen LogP contribution in [0.1, 0.15) is 29.3 Å². The van der Waals surface area contributed by atoms with E-state index in [-0.39, 0.29) is 11.4 Å². The molecular formula is C15H21FN2O2. The average molecular weight is 280 g/mol. The molecular weight excluding hydrogens is 259 g/mol. The third-order valence-electron chi connectivity index (χ3n) is 3.86. The second-order valence-corrected chi connectivity index (χ2v) is 5.29. The van der Waals surface area contributed by atoms with E-state index < -0.39 is 5.97 Å². The summed E-state index contributed by atoms with van der Waals surface area (Å²) in [6.45, 7) is 6.66. The van der Waals surface area contributed by atoms with Gasteiger partial charge in [-0.15, -0.1) is 0 Å². The first-order chi connectivity index (χ1) is 9.60. The molecule has 1 unspecified atom stereocenters. The molecule has 0 bridgehead atoms. The fraction of sp³-hybridized carbons (Fsp3) is 0.533. The second kappa shape index (κ2) is 6.81. The van der Waals surface area contributed by atoms with Crippen molar-refractivity contribution in [2.24, 2.45) is 5.92 Å². The number of carboxylic acid groups (broad SMARTS) is 1. The van der Waals surface area contributed by atoms with Gasteiger partial charge in [0, 0.05) is 18.7 Å². The van der Waals surface area contributed by atoms with Crippen molar-refractivity contribution in [2.75, 3.05) is 26.2 Å². The molecule has 0 radical (unpaired) electrons. The minimum atomic E-state index is -1.03. The molecule has 2 rings (SSSR count). The van der Waals surface area contributed by atoms with Gasteiger partial charge in [0.2, 0.25) is 0 Å². The maximum atomic E-state index is 13.6. The molecule has 5 heteroatoms. The number of carboxylic acids is 1. The molecule has 1 atom stereocenters. The van der Waals surface area contributed by atoms with E-state index in [1.165, 1.54) is 24.6 Å². The van der Waals surface area contributed by atoms with E-state index in [9.17, 15) is 9.18 Å². The monoisotopic (exact) mass is 280 g/mol. The van der Waals surface area contributed by atoms with E-state index in [1.807, 2.05) is 0 Å². The summed E-state index contributed by atoms with van der Waals surface area (Å²) in [5, 5.41) is 12.1. The normalized spacial score (nSPS) is 19.4. The van der Waals surface area contributed by atoms with Crippen LogP contribution in [0, 0.1) is 11.7 Å². The number of rotatable bonds is 6. The van der Waals surface area contributed by atoms with Gasteiger partial charge in [-0.1, -0.05) is 6.92 Å². The molecule has 1 aliphatic heterocycles. The van der Waals surface area contributed by atoms with E-state index in [2.05, 4.69) is 17.1 Å². The molecule has 1 fully saturated rings. The molecule has 1 aromatic rings. The zero-order valence-corrected chi connectivity index (χ0v) is 11.7. The minimum absolute atomic E-state index is 0.126. The van der Waals surface area contributed by atoms with Crippen LogP contribution in [0.2, 0.25) is 0 Å². The molecule has 1 aromatic carbocycles. The lowest BCUT2D eigenvalue weighted by atomic mass is 10.1. The first kappa shape index (κ1) is 14.9. The number of halogens is 1. The van der Waals surface area contributed by atoms with Gasteiger partial charge >= 0.3 is 5.97 Å². The van der Waals surface area contributed by atoms with Gasteiger partial charge in [0.25, 0.3) is 0 Å². The van der Waals surface area contributed by atoms with Crippen molar-refractivity contribution in [3.63, 3.8) is 0 Å². The van der Waals surface area contributed by atoms with Crippen LogP contribution in [-0.2, 0) is 6.54 Å². The summed E-state index contributed by atoms with van der Waals surface area (Å²) in [4.78, 5) is 13.3. The number of nitrogens with zero attached hydrogens (tertiary/aromatic N) is 1. The Kier molecular flexibility index (Phi) is 5.09. The highest BCUT2D eigenvalue weighted by Gasteiger charge is 2.20. The molecule has 1 heterocycles. The van der Waals surface area contributed by atoms with E-state index in [0.717, 1.165) is 26.2 Å². The number of likely N-dealkylation sites (tertiary alicyclic amines) is 1. The summed E-state index contributed by atoms with van der Waals surface area (Å²) in [5.41, 5.74) is 0.538. The van der Waals surface area contributed by atoms with Crippen LogP contribution >= 0.6 is 0 Å². The number of hydrogen-bond acceptors (Lipinski definition) is 3. The van der Waals surface area contributed by atoms with Crippen LogP contribution in [0.15, 0.2) is 18.2 Å². The molecule has 0 aromatic heterocycles. The molecule has 0 amide bonds. The lowest BCUT2D eigenvalue weighted by Gasteiger charge is -2.14. The zero-order chi connectivity index (χ0) is 14.5. The van der Waals surface area contributed by atoms with Gasteiger partial charge in [-0.25, -0.2) is 9.18 Å². The standard InChI is InChI=1S/C15H21FN2O2/c1-2-18-6-5-11(10-18)8-17-9-13-7-12(15(19)20)3-4-14(13)16/h3-4,7,11,17H,2,5-6,8-10H2,1H3,(H,19,20). The fourth-order valence-corrected chi connectivity index (χ4v) is 2.62. The van der Waals surface area contributed by atoms with E-state index in [4.69, 9.17) is 5.11 Å². The summed E-state index contributed by atoms with van der Waals surface area (Å²) in [5.74, 6) is -0.787. The molecule has 1 aliphatic rings. The topological polar surface area (TPSA) is 52.6 Å². The minimum Gasteiger partial charge on any atom is -0.478 e. The molecule has 1 saturated heterocycles. The van der Waals surface area contributed by atoms with Gasteiger partial charge < -0.3 is 15.3 Å². The zero-order valence-electron chi connectivity index (χ0n) is 11.7. The number of benzene rings is 1. The Morgan fingerprint density at radius 1 is 1.55 bits per heavy atom. The SMILES string of the molecule is CCN1CCC(CNCc2cc(C(=O)O)ccc2F)C1. The molecule has 0 spiro atoms. The summed E-state index contributed by atoms with van der Waals surface area (Å²) in [7, 11) is 0. The molecule has 4 nitrogen and oxygen atoms in total. The lowest BCUT2D eigenvalue weighted by molar-refractivity contribution is 0.0696. The summed E-state index contributed by atoms with van der Waals surface area (Å²) < 4.78 is 13.6. The van der Waals surface area contributed by atoms with Crippen molar-refractivity contribution >= 4 is 5.97 Å². The van der Waals surface area contributed by atoms with Gasteiger partial charge in [0.1, 0.15) is 5.82 Å². The van der Waals surface area contributed by atoms with Crippen molar-refractivity contribution in [2.45, 2.75) is 19.9 Å². The van der Waals surface area contributed by atoms with Crippen LogP contribution in [0.4, 0.5) is 4.39 Å². The summed E-state index contributed by atoms with van der Waals surface area (Å²) in [6, 6.07) is 3.91. The third-order valence-corrected chi connectivity index (χ3v) is 3.86.